The number of hydrogen-bond donors (Lipinski definition) is 2. The second kappa shape index (κ2) is 6.30. The van der Waals surface area contributed by atoms with Crippen molar-refractivity contribution in [3.05, 3.63) is 28.3 Å². The molecular weight excluding hydrogens is 246 g/mol. The maximum atomic E-state index is 4.41. The molecule has 0 bridgehead atoms. The van der Waals surface area contributed by atoms with E-state index in [1.54, 1.807) is 11.3 Å². The van der Waals surface area contributed by atoms with Gasteiger partial charge in [-0.3, -0.25) is 0 Å². The summed E-state index contributed by atoms with van der Waals surface area (Å²) in [6.45, 7) is 5.65. The van der Waals surface area contributed by atoms with Crippen molar-refractivity contribution >= 4 is 23.1 Å². The highest BCUT2D eigenvalue weighted by Gasteiger charge is 2.02. The molecule has 0 aliphatic heterocycles. The Morgan fingerprint density at radius 3 is 2.89 bits per heavy atom. The molecule has 0 aliphatic rings. The van der Waals surface area contributed by atoms with Crippen LogP contribution in [-0.4, -0.2) is 21.5 Å². The summed E-state index contributed by atoms with van der Waals surface area (Å²) < 4.78 is 0. The molecule has 0 aliphatic carbocycles. The summed E-state index contributed by atoms with van der Waals surface area (Å²) in [5, 5.41) is 8.48. The Hall–Kier alpha value is -1.69. The van der Waals surface area contributed by atoms with E-state index in [4.69, 9.17) is 0 Å². The van der Waals surface area contributed by atoms with Gasteiger partial charge in [0.2, 0.25) is 5.95 Å². The second-order valence-electron chi connectivity index (χ2n) is 3.98. The molecular formula is C12H17N5S. The SMILES string of the molecule is CCCNc1nc(C)cc(NCc2cscn2)n1. The van der Waals surface area contributed by atoms with Gasteiger partial charge < -0.3 is 10.6 Å². The van der Waals surface area contributed by atoms with E-state index in [1.807, 2.05) is 23.9 Å². The van der Waals surface area contributed by atoms with Crippen LogP contribution in [0.4, 0.5) is 11.8 Å². The lowest BCUT2D eigenvalue weighted by molar-refractivity contribution is 0.942. The van der Waals surface area contributed by atoms with Crippen LogP contribution < -0.4 is 10.6 Å². The van der Waals surface area contributed by atoms with Crippen molar-refractivity contribution in [1.82, 2.24) is 15.0 Å². The van der Waals surface area contributed by atoms with Gasteiger partial charge in [0.15, 0.2) is 0 Å². The largest absolute Gasteiger partial charge is 0.364 e. The van der Waals surface area contributed by atoms with Gasteiger partial charge in [-0.15, -0.1) is 11.3 Å². The van der Waals surface area contributed by atoms with Crippen LogP contribution in [0.2, 0.25) is 0 Å². The van der Waals surface area contributed by atoms with Crippen molar-refractivity contribution < 1.29 is 0 Å². The first-order valence-corrected chi connectivity index (χ1v) is 6.92. The number of thiazole rings is 1. The van der Waals surface area contributed by atoms with Crippen LogP contribution >= 0.6 is 11.3 Å². The maximum Gasteiger partial charge on any atom is 0.224 e. The standard InChI is InChI=1S/C12H17N5S/c1-3-4-13-12-16-9(2)5-11(17-12)14-6-10-7-18-8-15-10/h5,7-8H,3-4,6H2,1-2H3,(H2,13,14,16,17). The third-order valence-corrected chi connectivity index (χ3v) is 2.96. The number of rotatable bonds is 6. The van der Waals surface area contributed by atoms with E-state index in [-0.39, 0.29) is 0 Å². The zero-order valence-electron chi connectivity index (χ0n) is 10.6. The third-order valence-electron chi connectivity index (χ3n) is 2.32. The Labute approximate surface area is 111 Å². The fourth-order valence-corrected chi connectivity index (χ4v) is 2.04. The quantitative estimate of drug-likeness (QED) is 0.839. The smallest absolute Gasteiger partial charge is 0.224 e. The van der Waals surface area contributed by atoms with Crippen LogP contribution in [-0.2, 0) is 6.54 Å². The molecule has 0 fully saturated rings. The molecule has 96 valence electrons. The molecule has 2 rings (SSSR count). The lowest BCUT2D eigenvalue weighted by atomic mass is 10.4. The fourth-order valence-electron chi connectivity index (χ4n) is 1.48. The number of nitrogens with one attached hydrogen (secondary N) is 2. The van der Waals surface area contributed by atoms with Gasteiger partial charge in [0, 0.05) is 23.7 Å². The summed E-state index contributed by atoms with van der Waals surface area (Å²) in [4.78, 5) is 13.0. The van der Waals surface area contributed by atoms with Crippen molar-refractivity contribution in [2.24, 2.45) is 0 Å². The average molecular weight is 263 g/mol. The number of nitrogens with zero attached hydrogens (tertiary/aromatic N) is 3. The minimum Gasteiger partial charge on any atom is -0.364 e. The fraction of sp³-hybridized carbons (Fsp3) is 0.417. The average Bonchev–Trinajstić information content (AvgIpc) is 2.86. The highest BCUT2D eigenvalue weighted by molar-refractivity contribution is 7.07. The molecule has 2 aromatic rings. The molecule has 5 nitrogen and oxygen atoms in total. The van der Waals surface area contributed by atoms with Crippen LogP contribution in [0, 0.1) is 6.92 Å². The van der Waals surface area contributed by atoms with E-state index < -0.39 is 0 Å². The molecule has 0 atom stereocenters. The third kappa shape index (κ3) is 3.66. The highest BCUT2D eigenvalue weighted by Crippen LogP contribution is 2.11. The van der Waals surface area contributed by atoms with Crippen LogP contribution in [0.5, 0.6) is 0 Å². The lowest BCUT2D eigenvalue weighted by Crippen LogP contribution is -2.08. The van der Waals surface area contributed by atoms with Gasteiger partial charge >= 0.3 is 0 Å². The minimum absolute atomic E-state index is 0.678. The predicted octanol–water partition coefficient (Wildman–Crippen LogP) is 2.68. The van der Waals surface area contributed by atoms with Crippen molar-refractivity contribution in [2.75, 3.05) is 17.2 Å². The topological polar surface area (TPSA) is 62.7 Å². The molecule has 2 aromatic heterocycles. The van der Waals surface area contributed by atoms with E-state index in [1.165, 1.54) is 0 Å². The van der Waals surface area contributed by atoms with Crippen LogP contribution in [0.15, 0.2) is 17.0 Å². The minimum atomic E-state index is 0.678. The Bertz CT molecular complexity index is 483. The van der Waals surface area contributed by atoms with Crippen LogP contribution in [0.3, 0.4) is 0 Å². The number of aryl methyl sites for hydroxylation is 1. The first-order chi connectivity index (χ1) is 8.78. The molecule has 0 saturated carbocycles. The summed E-state index contributed by atoms with van der Waals surface area (Å²) in [6, 6.07) is 1.93. The Morgan fingerprint density at radius 2 is 2.17 bits per heavy atom. The highest BCUT2D eigenvalue weighted by atomic mass is 32.1. The van der Waals surface area contributed by atoms with E-state index in [9.17, 15) is 0 Å². The van der Waals surface area contributed by atoms with Crippen molar-refractivity contribution in [2.45, 2.75) is 26.8 Å². The maximum absolute atomic E-state index is 4.41. The van der Waals surface area contributed by atoms with Crippen molar-refractivity contribution in [1.29, 1.82) is 0 Å². The second-order valence-corrected chi connectivity index (χ2v) is 4.70. The molecule has 0 saturated heterocycles. The van der Waals surface area contributed by atoms with E-state index in [2.05, 4.69) is 32.5 Å². The summed E-state index contributed by atoms with van der Waals surface area (Å²) in [5.74, 6) is 1.51. The van der Waals surface area contributed by atoms with Gasteiger partial charge in [0.1, 0.15) is 5.82 Å². The van der Waals surface area contributed by atoms with E-state index >= 15 is 0 Å². The van der Waals surface area contributed by atoms with Gasteiger partial charge in [-0.2, -0.15) is 4.98 Å². The summed E-state index contributed by atoms with van der Waals surface area (Å²) in [7, 11) is 0. The Balaban J connectivity index is 2.00. The number of anilines is 2. The van der Waals surface area contributed by atoms with Gasteiger partial charge in [-0.25, -0.2) is 9.97 Å². The Morgan fingerprint density at radius 1 is 1.28 bits per heavy atom. The predicted molar refractivity (Wildman–Crippen MR) is 75.0 cm³/mol. The number of aromatic nitrogens is 3. The zero-order chi connectivity index (χ0) is 12.8. The molecule has 18 heavy (non-hydrogen) atoms. The summed E-state index contributed by atoms with van der Waals surface area (Å²) in [6.07, 6.45) is 1.05. The lowest BCUT2D eigenvalue weighted by Gasteiger charge is -2.08. The Kier molecular flexibility index (Phi) is 4.46. The van der Waals surface area contributed by atoms with Crippen molar-refractivity contribution in [3.8, 4) is 0 Å². The summed E-state index contributed by atoms with van der Waals surface area (Å²) in [5.41, 5.74) is 3.81. The van der Waals surface area contributed by atoms with Crippen LogP contribution in [0.25, 0.3) is 0 Å². The van der Waals surface area contributed by atoms with E-state index in [0.29, 0.717) is 12.5 Å². The molecule has 0 aromatic carbocycles. The molecule has 0 amide bonds. The van der Waals surface area contributed by atoms with Crippen molar-refractivity contribution in [3.63, 3.8) is 0 Å². The number of hydrogen-bond acceptors (Lipinski definition) is 6. The summed E-state index contributed by atoms with van der Waals surface area (Å²) >= 11 is 1.60. The van der Waals surface area contributed by atoms with Crippen LogP contribution in [0.1, 0.15) is 24.7 Å². The molecule has 0 radical (unpaired) electrons. The molecule has 2 N–H and O–H groups in total. The molecule has 0 unspecified atom stereocenters. The molecule has 2 heterocycles. The van der Waals surface area contributed by atoms with Gasteiger partial charge in [0.05, 0.1) is 17.7 Å². The van der Waals surface area contributed by atoms with Gasteiger partial charge in [0.25, 0.3) is 0 Å². The van der Waals surface area contributed by atoms with E-state index in [0.717, 1.165) is 30.2 Å². The zero-order valence-corrected chi connectivity index (χ0v) is 11.4. The van der Waals surface area contributed by atoms with Gasteiger partial charge in [-0.1, -0.05) is 6.92 Å². The molecule has 6 heteroatoms. The monoisotopic (exact) mass is 263 g/mol. The molecule has 0 spiro atoms. The van der Waals surface area contributed by atoms with Gasteiger partial charge in [-0.05, 0) is 13.3 Å². The first kappa shape index (κ1) is 12.8. The first-order valence-electron chi connectivity index (χ1n) is 5.98. The normalized spacial score (nSPS) is 10.3.